The first-order valence-corrected chi connectivity index (χ1v) is 6.15. The molecule has 1 N–H and O–H groups in total. The van der Waals surface area contributed by atoms with E-state index in [2.05, 4.69) is 35.1 Å². The first kappa shape index (κ1) is 13.9. The topological polar surface area (TPSA) is 38.3 Å². The molecular formula is C10H20BrNO2. The van der Waals surface area contributed by atoms with E-state index in [0.717, 1.165) is 18.2 Å². The van der Waals surface area contributed by atoms with E-state index in [1.165, 1.54) is 0 Å². The Kier molecular flexibility index (Phi) is 7.19. The van der Waals surface area contributed by atoms with Crippen LogP contribution in [0.2, 0.25) is 0 Å². The van der Waals surface area contributed by atoms with Crippen LogP contribution >= 0.6 is 15.9 Å². The molecular weight excluding hydrogens is 246 g/mol. The Morgan fingerprint density at radius 3 is 2.57 bits per heavy atom. The SMILES string of the molecule is CCOCC(=O)NC(C)(CC)CCBr. The van der Waals surface area contributed by atoms with Crippen molar-refractivity contribution in [2.45, 2.75) is 39.2 Å². The summed E-state index contributed by atoms with van der Waals surface area (Å²) in [5.74, 6) is -0.0304. The van der Waals surface area contributed by atoms with Crippen LogP contribution in [0, 0.1) is 0 Å². The van der Waals surface area contributed by atoms with Crippen LogP contribution in [0.5, 0.6) is 0 Å². The lowest BCUT2D eigenvalue weighted by atomic mass is 9.95. The average molecular weight is 266 g/mol. The average Bonchev–Trinajstić information content (AvgIpc) is 2.15. The molecule has 84 valence electrons. The van der Waals surface area contributed by atoms with Crippen molar-refractivity contribution in [1.29, 1.82) is 0 Å². The largest absolute Gasteiger partial charge is 0.372 e. The first-order valence-electron chi connectivity index (χ1n) is 5.02. The van der Waals surface area contributed by atoms with E-state index in [4.69, 9.17) is 4.74 Å². The maximum atomic E-state index is 11.4. The number of nitrogens with one attached hydrogen (secondary N) is 1. The maximum absolute atomic E-state index is 11.4. The molecule has 0 aromatic heterocycles. The highest BCUT2D eigenvalue weighted by molar-refractivity contribution is 9.09. The van der Waals surface area contributed by atoms with E-state index >= 15 is 0 Å². The van der Waals surface area contributed by atoms with Crippen LogP contribution in [0.25, 0.3) is 0 Å². The molecule has 0 spiro atoms. The Balaban J connectivity index is 3.96. The molecule has 0 bridgehead atoms. The van der Waals surface area contributed by atoms with Crippen molar-refractivity contribution < 1.29 is 9.53 Å². The van der Waals surface area contributed by atoms with Crippen molar-refractivity contribution in [3.05, 3.63) is 0 Å². The van der Waals surface area contributed by atoms with Gasteiger partial charge in [0, 0.05) is 17.5 Å². The molecule has 0 aromatic carbocycles. The van der Waals surface area contributed by atoms with E-state index in [1.807, 2.05) is 6.92 Å². The highest BCUT2D eigenvalue weighted by Crippen LogP contribution is 2.15. The number of rotatable bonds is 7. The van der Waals surface area contributed by atoms with E-state index in [0.29, 0.717) is 6.61 Å². The Morgan fingerprint density at radius 2 is 2.14 bits per heavy atom. The van der Waals surface area contributed by atoms with Crippen molar-refractivity contribution in [3.63, 3.8) is 0 Å². The summed E-state index contributed by atoms with van der Waals surface area (Å²) in [6.45, 7) is 6.75. The van der Waals surface area contributed by atoms with Crippen molar-refractivity contribution >= 4 is 21.8 Å². The van der Waals surface area contributed by atoms with Gasteiger partial charge in [-0.05, 0) is 26.7 Å². The highest BCUT2D eigenvalue weighted by Gasteiger charge is 2.22. The normalized spacial score (nSPS) is 14.9. The number of alkyl halides is 1. The minimum absolute atomic E-state index is 0.0304. The molecule has 0 aliphatic rings. The summed E-state index contributed by atoms with van der Waals surface area (Å²) in [5.41, 5.74) is -0.113. The lowest BCUT2D eigenvalue weighted by Gasteiger charge is -2.28. The zero-order valence-corrected chi connectivity index (χ0v) is 10.8. The fourth-order valence-corrected chi connectivity index (χ4v) is 1.98. The van der Waals surface area contributed by atoms with Gasteiger partial charge in [0.05, 0.1) is 0 Å². The van der Waals surface area contributed by atoms with Crippen molar-refractivity contribution in [1.82, 2.24) is 5.32 Å². The summed E-state index contributed by atoms with van der Waals surface area (Å²) in [5, 5.41) is 3.88. The van der Waals surface area contributed by atoms with Crippen LogP contribution in [0.1, 0.15) is 33.6 Å². The lowest BCUT2D eigenvalue weighted by Crippen LogP contribution is -2.47. The van der Waals surface area contributed by atoms with Gasteiger partial charge in [-0.3, -0.25) is 4.79 Å². The predicted molar refractivity (Wildman–Crippen MR) is 61.7 cm³/mol. The van der Waals surface area contributed by atoms with Crippen molar-refractivity contribution in [2.24, 2.45) is 0 Å². The van der Waals surface area contributed by atoms with Crippen LogP contribution in [0.4, 0.5) is 0 Å². The second-order valence-electron chi connectivity index (χ2n) is 3.54. The van der Waals surface area contributed by atoms with Gasteiger partial charge in [0.25, 0.3) is 0 Å². The summed E-state index contributed by atoms with van der Waals surface area (Å²) in [7, 11) is 0. The van der Waals surface area contributed by atoms with Gasteiger partial charge in [-0.15, -0.1) is 0 Å². The van der Waals surface area contributed by atoms with Gasteiger partial charge in [0.2, 0.25) is 5.91 Å². The molecule has 0 fully saturated rings. The third kappa shape index (κ3) is 5.60. The van der Waals surface area contributed by atoms with Crippen LogP contribution < -0.4 is 5.32 Å². The Bertz CT molecular complexity index is 176. The predicted octanol–water partition coefficient (Wildman–Crippen LogP) is 2.09. The van der Waals surface area contributed by atoms with Crippen LogP contribution in [0.3, 0.4) is 0 Å². The van der Waals surface area contributed by atoms with Crippen molar-refractivity contribution in [2.75, 3.05) is 18.5 Å². The molecule has 4 heteroatoms. The Hall–Kier alpha value is -0.0900. The molecule has 0 aliphatic carbocycles. The van der Waals surface area contributed by atoms with Crippen molar-refractivity contribution in [3.8, 4) is 0 Å². The maximum Gasteiger partial charge on any atom is 0.246 e. The number of hydrogen-bond donors (Lipinski definition) is 1. The zero-order valence-electron chi connectivity index (χ0n) is 9.23. The standard InChI is InChI=1S/C10H20BrNO2/c1-4-10(3,6-7-11)12-9(13)8-14-5-2/h4-8H2,1-3H3,(H,12,13). The third-order valence-electron chi connectivity index (χ3n) is 2.31. The van der Waals surface area contributed by atoms with Gasteiger partial charge in [-0.2, -0.15) is 0 Å². The molecule has 1 unspecified atom stereocenters. The van der Waals surface area contributed by atoms with E-state index in [-0.39, 0.29) is 18.1 Å². The summed E-state index contributed by atoms with van der Waals surface area (Å²) < 4.78 is 5.04. The highest BCUT2D eigenvalue weighted by atomic mass is 79.9. The van der Waals surface area contributed by atoms with Gasteiger partial charge in [-0.25, -0.2) is 0 Å². The van der Waals surface area contributed by atoms with Gasteiger partial charge >= 0.3 is 0 Å². The molecule has 1 amide bonds. The Morgan fingerprint density at radius 1 is 1.50 bits per heavy atom. The number of carbonyl (C=O) groups is 1. The number of carbonyl (C=O) groups excluding carboxylic acids is 1. The van der Waals surface area contributed by atoms with Crippen LogP contribution in [-0.4, -0.2) is 30.0 Å². The monoisotopic (exact) mass is 265 g/mol. The minimum atomic E-state index is -0.113. The zero-order chi connectivity index (χ0) is 11.0. The Labute approximate surface area is 94.7 Å². The van der Waals surface area contributed by atoms with Gasteiger partial charge in [-0.1, -0.05) is 22.9 Å². The second-order valence-corrected chi connectivity index (χ2v) is 4.33. The van der Waals surface area contributed by atoms with Gasteiger partial charge in [0.1, 0.15) is 6.61 Å². The molecule has 0 saturated heterocycles. The third-order valence-corrected chi connectivity index (χ3v) is 2.70. The number of hydrogen-bond acceptors (Lipinski definition) is 2. The molecule has 14 heavy (non-hydrogen) atoms. The fourth-order valence-electron chi connectivity index (χ4n) is 1.10. The van der Waals surface area contributed by atoms with E-state index in [9.17, 15) is 4.79 Å². The summed E-state index contributed by atoms with van der Waals surface area (Å²) in [4.78, 5) is 11.4. The smallest absolute Gasteiger partial charge is 0.246 e. The molecule has 0 aromatic rings. The second kappa shape index (κ2) is 7.23. The molecule has 0 rings (SSSR count). The lowest BCUT2D eigenvalue weighted by molar-refractivity contribution is -0.127. The molecule has 3 nitrogen and oxygen atoms in total. The number of ether oxygens (including phenoxy) is 1. The van der Waals surface area contributed by atoms with Crippen LogP contribution in [-0.2, 0) is 9.53 Å². The summed E-state index contributed by atoms with van der Waals surface area (Å²) in [6, 6.07) is 0. The number of amides is 1. The molecule has 1 atom stereocenters. The van der Waals surface area contributed by atoms with E-state index < -0.39 is 0 Å². The number of halogens is 1. The van der Waals surface area contributed by atoms with Gasteiger partial charge < -0.3 is 10.1 Å². The molecule has 0 heterocycles. The summed E-state index contributed by atoms with van der Waals surface area (Å²) in [6.07, 6.45) is 1.86. The summed E-state index contributed by atoms with van der Waals surface area (Å²) >= 11 is 3.39. The fraction of sp³-hybridized carbons (Fsp3) is 0.900. The quantitative estimate of drug-likeness (QED) is 0.716. The minimum Gasteiger partial charge on any atom is -0.372 e. The van der Waals surface area contributed by atoms with Crippen LogP contribution in [0.15, 0.2) is 0 Å². The molecule has 0 radical (unpaired) electrons. The first-order chi connectivity index (χ1) is 6.58. The molecule has 0 aliphatic heterocycles. The van der Waals surface area contributed by atoms with Gasteiger partial charge in [0.15, 0.2) is 0 Å². The van der Waals surface area contributed by atoms with E-state index in [1.54, 1.807) is 0 Å². The molecule has 0 saturated carbocycles.